The molecule has 1 aromatic rings. The first-order valence-corrected chi connectivity index (χ1v) is 5.38. The number of carbonyl (C=O) groups excluding carboxylic acids is 2. The average Bonchev–Trinajstić information content (AvgIpc) is 2.41. The van der Waals surface area contributed by atoms with Crippen LogP contribution in [0.3, 0.4) is 0 Å². The molecule has 88 valence electrons. The van der Waals surface area contributed by atoms with Gasteiger partial charge in [-0.15, -0.1) is 5.11 Å². The second kappa shape index (κ2) is 5.15. The van der Waals surface area contributed by atoms with Gasteiger partial charge in [-0.05, 0) is 30.5 Å². The fourth-order valence-electron chi connectivity index (χ4n) is 1.54. The standard InChI is InChI=1S/C13H9N3O2/c14-8-10-3-1-9(2-4-10)5-6-11-7-12(17)13(18)16-15-11/h1-4,7H,5-6H2. The first-order chi connectivity index (χ1) is 8.69. The summed E-state index contributed by atoms with van der Waals surface area (Å²) in [6, 6.07) is 9.22. The summed E-state index contributed by atoms with van der Waals surface area (Å²) in [6.45, 7) is 0. The number of benzene rings is 1. The Morgan fingerprint density at radius 2 is 1.78 bits per heavy atom. The number of allylic oxidation sites excluding steroid dienone is 1. The van der Waals surface area contributed by atoms with E-state index in [2.05, 4.69) is 10.2 Å². The Bertz CT molecular complexity index is 592. The minimum Gasteiger partial charge on any atom is -0.284 e. The molecule has 1 aliphatic heterocycles. The number of nitrogens with zero attached hydrogens (tertiary/aromatic N) is 3. The topological polar surface area (TPSA) is 82.6 Å². The molecule has 1 heterocycles. The van der Waals surface area contributed by atoms with Crippen LogP contribution in [-0.4, -0.2) is 11.7 Å². The third-order valence-electron chi connectivity index (χ3n) is 2.53. The second-order valence-electron chi connectivity index (χ2n) is 3.81. The molecule has 5 heteroatoms. The molecule has 1 aromatic carbocycles. The molecule has 0 unspecified atom stereocenters. The largest absolute Gasteiger partial charge is 0.335 e. The average molecular weight is 239 g/mol. The zero-order chi connectivity index (χ0) is 13.0. The Labute approximate surface area is 103 Å². The Morgan fingerprint density at radius 1 is 1.06 bits per heavy atom. The highest BCUT2D eigenvalue weighted by Crippen LogP contribution is 2.14. The van der Waals surface area contributed by atoms with Crippen molar-refractivity contribution in [2.45, 2.75) is 12.8 Å². The molecule has 2 rings (SSSR count). The number of aryl methyl sites for hydroxylation is 1. The van der Waals surface area contributed by atoms with Crippen LogP contribution in [0.4, 0.5) is 0 Å². The van der Waals surface area contributed by atoms with Crippen LogP contribution in [0.25, 0.3) is 0 Å². The minimum absolute atomic E-state index is 0.504. The summed E-state index contributed by atoms with van der Waals surface area (Å²) in [5, 5.41) is 15.6. The van der Waals surface area contributed by atoms with Crippen LogP contribution in [-0.2, 0) is 16.0 Å². The lowest BCUT2D eigenvalue weighted by molar-refractivity contribution is -0.133. The van der Waals surface area contributed by atoms with Gasteiger partial charge in [-0.3, -0.25) is 9.59 Å². The Morgan fingerprint density at radius 3 is 2.39 bits per heavy atom. The second-order valence-corrected chi connectivity index (χ2v) is 3.81. The maximum atomic E-state index is 11.1. The van der Waals surface area contributed by atoms with E-state index in [0.29, 0.717) is 24.1 Å². The van der Waals surface area contributed by atoms with Gasteiger partial charge in [0.1, 0.15) is 0 Å². The van der Waals surface area contributed by atoms with Crippen molar-refractivity contribution in [3.05, 3.63) is 47.2 Å². The van der Waals surface area contributed by atoms with Crippen molar-refractivity contribution in [2.75, 3.05) is 0 Å². The summed E-state index contributed by atoms with van der Waals surface area (Å²) >= 11 is 0. The SMILES string of the molecule is N#Cc1ccc(CCC2=CC(=O)C(=O)N=N2)cc1. The van der Waals surface area contributed by atoms with Crippen molar-refractivity contribution >= 4 is 11.7 Å². The number of hydrogen-bond donors (Lipinski definition) is 0. The predicted molar refractivity (Wildman–Crippen MR) is 62.4 cm³/mol. The van der Waals surface area contributed by atoms with E-state index in [0.717, 1.165) is 5.56 Å². The maximum absolute atomic E-state index is 11.1. The summed E-state index contributed by atoms with van der Waals surface area (Å²) < 4.78 is 0. The molecule has 0 N–H and O–H groups in total. The Kier molecular flexibility index (Phi) is 3.39. The molecule has 5 nitrogen and oxygen atoms in total. The number of amides is 1. The molecular weight excluding hydrogens is 230 g/mol. The lowest BCUT2D eigenvalue weighted by Crippen LogP contribution is -2.11. The van der Waals surface area contributed by atoms with E-state index in [4.69, 9.17) is 5.26 Å². The van der Waals surface area contributed by atoms with Crippen molar-refractivity contribution in [3.63, 3.8) is 0 Å². The fraction of sp³-hybridized carbons (Fsp3) is 0.154. The van der Waals surface area contributed by atoms with E-state index in [1.807, 2.05) is 18.2 Å². The number of hydrogen-bond acceptors (Lipinski definition) is 4. The molecular formula is C13H9N3O2. The van der Waals surface area contributed by atoms with E-state index >= 15 is 0 Å². The molecule has 18 heavy (non-hydrogen) atoms. The number of rotatable bonds is 3. The highest BCUT2D eigenvalue weighted by Gasteiger charge is 2.16. The van der Waals surface area contributed by atoms with E-state index in [9.17, 15) is 9.59 Å². The predicted octanol–water partition coefficient (Wildman–Crippen LogP) is 1.94. The van der Waals surface area contributed by atoms with Gasteiger partial charge in [0.2, 0.25) is 5.78 Å². The van der Waals surface area contributed by atoms with Gasteiger partial charge < -0.3 is 0 Å². The number of nitriles is 1. The van der Waals surface area contributed by atoms with Crippen LogP contribution in [0.15, 0.2) is 46.3 Å². The Balaban J connectivity index is 1.98. The van der Waals surface area contributed by atoms with Crippen molar-refractivity contribution in [1.82, 2.24) is 0 Å². The van der Waals surface area contributed by atoms with Gasteiger partial charge in [-0.1, -0.05) is 12.1 Å². The normalized spacial score (nSPS) is 14.3. The molecule has 0 bridgehead atoms. The molecule has 0 aliphatic carbocycles. The van der Waals surface area contributed by atoms with Crippen LogP contribution in [0.5, 0.6) is 0 Å². The van der Waals surface area contributed by atoms with E-state index in [-0.39, 0.29) is 0 Å². The first kappa shape index (κ1) is 11.9. The van der Waals surface area contributed by atoms with Crippen LogP contribution in [0, 0.1) is 11.3 Å². The quantitative estimate of drug-likeness (QED) is 0.755. The first-order valence-electron chi connectivity index (χ1n) is 5.38. The van der Waals surface area contributed by atoms with E-state index in [1.54, 1.807) is 12.1 Å². The van der Waals surface area contributed by atoms with Crippen molar-refractivity contribution in [2.24, 2.45) is 10.2 Å². The summed E-state index contributed by atoms with van der Waals surface area (Å²) in [5.41, 5.74) is 2.15. The van der Waals surface area contributed by atoms with Gasteiger partial charge in [0.25, 0.3) is 0 Å². The summed E-state index contributed by atoms with van der Waals surface area (Å²) in [6.07, 6.45) is 2.44. The molecule has 0 radical (unpaired) electrons. The van der Waals surface area contributed by atoms with Crippen molar-refractivity contribution in [1.29, 1.82) is 5.26 Å². The van der Waals surface area contributed by atoms with Crippen molar-refractivity contribution in [3.8, 4) is 6.07 Å². The Hall–Kier alpha value is -2.61. The van der Waals surface area contributed by atoms with E-state index < -0.39 is 11.7 Å². The highest BCUT2D eigenvalue weighted by molar-refractivity contribution is 6.41. The zero-order valence-electron chi connectivity index (χ0n) is 9.46. The zero-order valence-corrected chi connectivity index (χ0v) is 9.46. The van der Waals surface area contributed by atoms with Gasteiger partial charge in [-0.2, -0.15) is 10.4 Å². The fourth-order valence-corrected chi connectivity index (χ4v) is 1.54. The third kappa shape index (κ3) is 2.74. The number of azo groups is 1. The van der Waals surface area contributed by atoms with Gasteiger partial charge in [0, 0.05) is 6.08 Å². The van der Waals surface area contributed by atoms with Crippen LogP contribution in [0.2, 0.25) is 0 Å². The van der Waals surface area contributed by atoms with Crippen LogP contribution < -0.4 is 0 Å². The molecule has 0 spiro atoms. The maximum Gasteiger partial charge on any atom is 0.335 e. The molecule has 1 amide bonds. The summed E-state index contributed by atoms with van der Waals surface area (Å²) in [7, 11) is 0. The molecule has 0 fully saturated rings. The molecule has 0 aromatic heterocycles. The van der Waals surface area contributed by atoms with Gasteiger partial charge in [0.15, 0.2) is 0 Å². The van der Waals surface area contributed by atoms with Crippen molar-refractivity contribution < 1.29 is 9.59 Å². The molecule has 0 atom stereocenters. The van der Waals surface area contributed by atoms with Gasteiger partial charge in [0.05, 0.1) is 17.3 Å². The third-order valence-corrected chi connectivity index (χ3v) is 2.53. The van der Waals surface area contributed by atoms with Gasteiger partial charge in [-0.25, -0.2) is 0 Å². The summed E-state index contributed by atoms with van der Waals surface area (Å²) in [4.78, 5) is 21.9. The minimum atomic E-state index is -0.822. The van der Waals surface area contributed by atoms with Crippen LogP contribution in [0.1, 0.15) is 17.5 Å². The van der Waals surface area contributed by atoms with Crippen LogP contribution >= 0.6 is 0 Å². The number of carbonyl (C=O) groups is 2. The molecule has 1 aliphatic rings. The van der Waals surface area contributed by atoms with E-state index in [1.165, 1.54) is 6.08 Å². The molecule has 0 saturated heterocycles. The highest BCUT2D eigenvalue weighted by atomic mass is 16.2. The monoisotopic (exact) mass is 239 g/mol. The lowest BCUT2D eigenvalue weighted by atomic mass is 10.1. The smallest absolute Gasteiger partial charge is 0.284 e. The lowest BCUT2D eigenvalue weighted by Gasteiger charge is -2.04. The van der Waals surface area contributed by atoms with Gasteiger partial charge >= 0.3 is 5.91 Å². The molecule has 0 saturated carbocycles. The number of ketones is 1. The summed E-state index contributed by atoms with van der Waals surface area (Å²) in [5.74, 6) is -1.45.